The number of rotatable bonds is 7. The zero-order valence-electron chi connectivity index (χ0n) is 11.2. The number of halogens is 1. The summed E-state index contributed by atoms with van der Waals surface area (Å²) in [7, 11) is 0. The average Bonchev–Trinajstić information content (AvgIpc) is 2.43. The molecule has 0 saturated carbocycles. The first-order chi connectivity index (χ1) is 9.31. The molecule has 0 unspecified atom stereocenters. The molecule has 1 aromatic carbocycles. The third kappa shape index (κ3) is 4.27. The molecule has 1 N–H and O–H groups in total. The van der Waals surface area contributed by atoms with Crippen molar-refractivity contribution in [1.29, 1.82) is 0 Å². The Morgan fingerprint density at radius 2 is 1.95 bits per heavy atom. The SMILES string of the molecule is CCNCCOCCc1cc2c(cc1Cl)OCCO2. The zero-order valence-corrected chi connectivity index (χ0v) is 12.0. The Hall–Kier alpha value is -0.970. The molecule has 5 heteroatoms. The van der Waals surface area contributed by atoms with Gasteiger partial charge < -0.3 is 19.5 Å². The van der Waals surface area contributed by atoms with E-state index in [4.69, 9.17) is 25.8 Å². The number of likely N-dealkylation sites (N-methyl/N-ethyl adjacent to an activating group) is 1. The molecule has 1 aromatic rings. The fraction of sp³-hybridized carbons (Fsp3) is 0.571. The normalized spacial score (nSPS) is 13.6. The summed E-state index contributed by atoms with van der Waals surface area (Å²) >= 11 is 6.22. The van der Waals surface area contributed by atoms with Gasteiger partial charge in [0.2, 0.25) is 0 Å². The van der Waals surface area contributed by atoms with E-state index in [9.17, 15) is 0 Å². The average molecular weight is 286 g/mol. The molecule has 1 aliphatic rings. The van der Waals surface area contributed by atoms with Gasteiger partial charge in [0.25, 0.3) is 0 Å². The minimum atomic E-state index is 0.580. The highest BCUT2D eigenvalue weighted by atomic mass is 35.5. The van der Waals surface area contributed by atoms with Gasteiger partial charge in [0.05, 0.1) is 13.2 Å². The Morgan fingerprint density at radius 3 is 2.68 bits per heavy atom. The van der Waals surface area contributed by atoms with E-state index >= 15 is 0 Å². The summed E-state index contributed by atoms with van der Waals surface area (Å²) in [4.78, 5) is 0. The van der Waals surface area contributed by atoms with Crippen LogP contribution in [0.3, 0.4) is 0 Å². The van der Waals surface area contributed by atoms with E-state index in [0.717, 1.165) is 43.2 Å². The van der Waals surface area contributed by atoms with Crippen molar-refractivity contribution < 1.29 is 14.2 Å². The second-order valence-corrected chi connectivity index (χ2v) is 4.71. The van der Waals surface area contributed by atoms with Crippen LogP contribution in [0, 0.1) is 0 Å². The molecule has 0 bridgehead atoms. The summed E-state index contributed by atoms with van der Waals surface area (Å²) in [5.41, 5.74) is 1.04. The molecule has 0 aliphatic carbocycles. The Balaban J connectivity index is 1.83. The molecular formula is C14H20ClNO3. The van der Waals surface area contributed by atoms with Crippen LogP contribution >= 0.6 is 11.6 Å². The van der Waals surface area contributed by atoms with Crippen molar-refractivity contribution in [3.8, 4) is 11.5 Å². The van der Waals surface area contributed by atoms with Gasteiger partial charge in [-0.25, -0.2) is 0 Å². The summed E-state index contributed by atoms with van der Waals surface area (Å²) in [6.45, 7) is 6.47. The van der Waals surface area contributed by atoms with Crippen LogP contribution in [0.15, 0.2) is 12.1 Å². The summed E-state index contributed by atoms with van der Waals surface area (Å²) in [6, 6.07) is 3.77. The number of fused-ring (bicyclic) bond motifs is 1. The van der Waals surface area contributed by atoms with E-state index in [0.29, 0.717) is 24.8 Å². The van der Waals surface area contributed by atoms with Crippen LogP contribution in [-0.2, 0) is 11.2 Å². The van der Waals surface area contributed by atoms with E-state index in [1.54, 1.807) is 0 Å². The van der Waals surface area contributed by atoms with Crippen molar-refractivity contribution in [1.82, 2.24) is 5.32 Å². The standard InChI is InChI=1S/C14H20ClNO3/c1-2-16-4-6-17-5-3-11-9-13-14(10-12(11)15)19-8-7-18-13/h9-10,16H,2-8H2,1H3. The molecule has 1 aliphatic heterocycles. The van der Waals surface area contributed by atoms with Crippen LogP contribution in [0.25, 0.3) is 0 Å². The van der Waals surface area contributed by atoms with Crippen molar-refractivity contribution in [3.05, 3.63) is 22.7 Å². The predicted octanol–water partition coefficient (Wildman–Crippen LogP) is 2.28. The van der Waals surface area contributed by atoms with Gasteiger partial charge in [-0.2, -0.15) is 0 Å². The summed E-state index contributed by atoms with van der Waals surface area (Å²) in [5.74, 6) is 1.51. The van der Waals surface area contributed by atoms with Gasteiger partial charge in [0.15, 0.2) is 11.5 Å². The highest BCUT2D eigenvalue weighted by Gasteiger charge is 2.14. The quantitative estimate of drug-likeness (QED) is 0.780. The van der Waals surface area contributed by atoms with Gasteiger partial charge in [-0.05, 0) is 24.6 Å². The van der Waals surface area contributed by atoms with Gasteiger partial charge in [0.1, 0.15) is 13.2 Å². The Morgan fingerprint density at radius 1 is 1.21 bits per heavy atom. The highest BCUT2D eigenvalue weighted by molar-refractivity contribution is 6.31. The Kier molecular flexibility index (Phi) is 5.76. The Bertz CT molecular complexity index is 412. The lowest BCUT2D eigenvalue weighted by Crippen LogP contribution is -2.19. The van der Waals surface area contributed by atoms with Crippen molar-refractivity contribution in [3.63, 3.8) is 0 Å². The maximum absolute atomic E-state index is 6.22. The number of hydrogen-bond acceptors (Lipinski definition) is 4. The largest absolute Gasteiger partial charge is 0.486 e. The van der Waals surface area contributed by atoms with Crippen LogP contribution in [-0.4, -0.2) is 39.5 Å². The second kappa shape index (κ2) is 7.58. The lowest BCUT2D eigenvalue weighted by Gasteiger charge is -2.19. The maximum atomic E-state index is 6.22. The van der Waals surface area contributed by atoms with Crippen LogP contribution in [0.5, 0.6) is 11.5 Å². The minimum absolute atomic E-state index is 0.580. The molecule has 0 aromatic heterocycles. The van der Waals surface area contributed by atoms with Crippen molar-refractivity contribution >= 4 is 11.6 Å². The van der Waals surface area contributed by atoms with Crippen molar-refractivity contribution in [2.24, 2.45) is 0 Å². The van der Waals surface area contributed by atoms with Gasteiger partial charge in [-0.15, -0.1) is 0 Å². The fourth-order valence-corrected chi connectivity index (χ4v) is 2.15. The first-order valence-corrected chi connectivity index (χ1v) is 7.05. The van der Waals surface area contributed by atoms with Gasteiger partial charge in [0, 0.05) is 17.6 Å². The minimum Gasteiger partial charge on any atom is -0.486 e. The molecule has 1 heterocycles. The third-order valence-electron chi connectivity index (χ3n) is 2.90. The van der Waals surface area contributed by atoms with Crippen LogP contribution < -0.4 is 14.8 Å². The monoisotopic (exact) mass is 285 g/mol. The molecule has 0 radical (unpaired) electrons. The molecule has 2 rings (SSSR count). The van der Waals surface area contributed by atoms with Crippen LogP contribution in [0.2, 0.25) is 5.02 Å². The number of benzene rings is 1. The van der Waals surface area contributed by atoms with E-state index in [1.807, 2.05) is 12.1 Å². The van der Waals surface area contributed by atoms with Gasteiger partial charge in [-0.1, -0.05) is 18.5 Å². The molecule has 4 nitrogen and oxygen atoms in total. The smallest absolute Gasteiger partial charge is 0.162 e. The second-order valence-electron chi connectivity index (χ2n) is 4.30. The lowest BCUT2D eigenvalue weighted by atomic mass is 10.1. The van der Waals surface area contributed by atoms with Crippen LogP contribution in [0.1, 0.15) is 12.5 Å². The molecule has 106 valence electrons. The molecule has 0 saturated heterocycles. The zero-order chi connectivity index (χ0) is 13.5. The molecular weight excluding hydrogens is 266 g/mol. The summed E-state index contributed by atoms with van der Waals surface area (Å²) < 4.78 is 16.6. The molecule has 0 spiro atoms. The van der Waals surface area contributed by atoms with Gasteiger partial charge in [-0.3, -0.25) is 0 Å². The highest BCUT2D eigenvalue weighted by Crippen LogP contribution is 2.35. The van der Waals surface area contributed by atoms with Gasteiger partial charge >= 0.3 is 0 Å². The topological polar surface area (TPSA) is 39.7 Å². The Labute approximate surface area is 119 Å². The fourth-order valence-electron chi connectivity index (χ4n) is 1.90. The lowest BCUT2D eigenvalue weighted by molar-refractivity contribution is 0.139. The molecule has 0 fully saturated rings. The first kappa shape index (κ1) is 14.4. The summed E-state index contributed by atoms with van der Waals surface area (Å²) in [6.07, 6.45) is 0.779. The molecule has 19 heavy (non-hydrogen) atoms. The first-order valence-electron chi connectivity index (χ1n) is 6.67. The number of nitrogens with one attached hydrogen (secondary N) is 1. The molecule has 0 atom stereocenters. The van der Waals surface area contributed by atoms with Crippen LogP contribution in [0.4, 0.5) is 0 Å². The van der Waals surface area contributed by atoms with E-state index in [2.05, 4.69) is 12.2 Å². The van der Waals surface area contributed by atoms with Crippen molar-refractivity contribution in [2.75, 3.05) is 39.5 Å². The van der Waals surface area contributed by atoms with Crippen molar-refractivity contribution in [2.45, 2.75) is 13.3 Å². The van der Waals surface area contributed by atoms with E-state index < -0.39 is 0 Å². The number of hydrogen-bond donors (Lipinski definition) is 1. The summed E-state index contributed by atoms with van der Waals surface area (Å²) in [5, 5.41) is 3.92. The van der Waals surface area contributed by atoms with E-state index in [1.165, 1.54) is 0 Å². The molecule has 0 amide bonds. The third-order valence-corrected chi connectivity index (χ3v) is 3.25. The maximum Gasteiger partial charge on any atom is 0.162 e. The van der Waals surface area contributed by atoms with E-state index in [-0.39, 0.29) is 0 Å². The number of ether oxygens (including phenoxy) is 3. The predicted molar refractivity (Wildman–Crippen MR) is 75.5 cm³/mol.